The molecule has 0 saturated carbocycles. The Kier molecular flexibility index (Phi) is 8.64. The molecule has 0 rings (SSSR count). The second-order valence-electron chi connectivity index (χ2n) is 3.85. The predicted octanol–water partition coefficient (Wildman–Crippen LogP) is 1.81. The van der Waals surface area contributed by atoms with Crippen LogP contribution in [0.3, 0.4) is 0 Å². The highest BCUT2D eigenvalue weighted by Gasteiger charge is 2.04. The average Bonchev–Trinajstić information content (AvgIpc) is 2.16. The molecule has 0 saturated heterocycles. The van der Waals surface area contributed by atoms with Crippen LogP contribution in [-0.2, 0) is 4.79 Å². The standard InChI is InChI=1S/C11H24N2O/c1-3-4-5-6-7-8-9-13-11(14)10(2)12/h10H,3-9,12H2,1-2H3,(H,13,14)/t10-/m0/s1. The SMILES string of the molecule is CCCCCCCCNC(=O)[C@H](C)N. The summed E-state index contributed by atoms with van der Waals surface area (Å²) < 4.78 is 0. The lowest BCUT2D eigenvalue weighted by atomic mass is 10.1. The Morgan fingerprint density at radius 1 is 1.21 bits per heavy atom. The van der Waals surface area contributed by atoms with Gasteiger partial charge in [-0.1, -0.05) is 39.0 Å². The smallest absolute Gasteiger partial charge is 0.236 e. The molecular weight excluding hydrogens is 176 g/mol. The molecule has 3 N–H and O–H groups in total. The summed E-state index contributed by atoms with van der Waals surface area (Å²) in [7, 11) is 0. The van der Waals surface area contributed by atoms with Gasteiger partial charge in [0.2, 0.25) is 5.91 Å². The maximum atomic E-state index is 11.0. The molecule has 0 fully saturated rings. The third-order valence-corrected chi connectivity index (χ3v) is 2.24. The third kappa shape index (κ3) is 8.05. The van der Waals surface area contributed by atoms with Gasteiger partial charge in [0.15, 0.2) is 0 Å². The van der Waals surface area contributed by atoms with E-state index in [0.29, 0.717) is 0 Å². The fourth-order valence-corrected chi connectivity index (χ4v) is 1.28. The van der Waals surface area contributed by atoms with E-state index in [0.717, 1.165) is 13.0 Å². The first-order valence-corrected chi connectivity index (χ1v) is 5.71. The van der Waals surface area contributed by atoms with Crippen molar-refractivity contribution in [2.45, 2.75) is 58.4 Å². The number of nitrogens with one attached hydrogen (secondary N) is 1. The fraction of sp³-hybridized carbons (Fsp3) is 0.909. The molecule has 0 heterocycles. The van der Waals surface area contributed by atoms with E-state index in [1.807, 2.05) is 0 Å². The molecule has 0 aromatic heterocycles. The largest absolute Gasteiger partial charge is 0.355 e. The van der Waals surface area contributed by atoms with E-state index in [9.17, 15) is 4.79 Å². The van der Waals surface area contributed by atoms with Crippen LogP contribution in [0.4, 0.5) is 0 Å². The lowest BCUT2D eigenvalue weighted by Crippen LogP contribution is -2.38. The van der Waals surface area contributed by atoms with E-state index >= 15 is 0 Å². The van der Waals surface area contributed by atoms with Gasteiger partial charge in [0.1, 0.15) is 0 Å². The second kappa shape index (κ2) is 9.00. The maximum absolute atomic E-state index is 11.0. The van der Waals surface area contributed by atoms with Crippen LogP contribution in [-0.4, -0.2) is 18.5 Å². The van der Waals surface area contributed by atoms with Crippen LogP contribution in [0.1, 0.15) is 52.4 Å². The van der Waals surface area contributed by atoms with Gasteiger partial charge in [-0.05, 0) is 13.3 Å². The summed E-state index contributed by atoms with van der Waals surface area (Å²) in [5, 5.41) is 2.81. The molecule has 1 amide bonds. The van der Waals surface area contributed by atoms with Crippen molar-refractivity contribution >= 4 is 5.91 Å². The van der Waals surface area contributed by atoms with E-state index < -0.39 is 0 Å². The van der Waals surface area contributed by atoms with Gasteiger partial charge in [0.05, 0.1) is 6.04 Å². The average molecular weight is 200 g/mol. The number of unbranched alkanes of at least 4 members (excludes halogenated alkanes) is 5. The molecule has 0 unspecified atom stereocenters. The van der Waals surface area contributed by atoms with Gasteiger partial charge in [-0.15, -0.1) is 0 Å². The van der Waals surface area contributed by atoms with Crippen LogP contribution in [0.25, 0.3) is 0 Å². The molecule has 0 bridgehead atoms. The summed E-state index contributed by atoms with van der Waals surface area (Å²) in [6, 6.07) is -0.380. The number of nitrogens with two attached hydrogens (primary N) is 1. The van der Waals surface area contributed by atoms with Gasteiger partial charge in [-0.25, -0.2) is 0 Å². The minimum Gasteiger partial charge on any atom is -0.355 e. The Morgan fingerprint density at radius 2 is 1.79 bits per heavy atom. The predicted molar refractivity (Wildman–Crippen MR) is 60.0 cm³/mol. The molecule has 0 radical (unpaired) electrons. The van der Waals surface area contributed by atoms with Crippen molar-refractivity contribution in [3.63, 3.8) is 0 Å². The van der Waals surface area contributed by atoms with Crippen LogP contribution in [0.15, 0.2) is 0 Å². The van der Waals surface area contributed by atoms with E-state index in [1.54, 1.807) is 6.92 Å². The number of rotatable bonds is 8. The Hall–Kier alpha value is -0.570. The lowest BCUT2D eigenvalue weighted by molar-refractivity contribution is -0.121. The van der Waals surface area contributed by atoms with E-state index in [4.69, 9.17) is 5.73 Å². The number of carbonyl (C=O) groups excluding carboxylic acids is 1. The molecule has 0 aliphatic rings. The van der Waals surface area contributed by atoms with E-state index in [-0.39, 0.29) is 11.9 Å². The van der Waals surface area contributed by atoms with E-state index in [1.165, 1.54) is 32.1 Å². The first-order valence-electron chi connectivity index (χ1n) is 5.71. The third-order valence-electron chi connectivity index (χ3n) is 2.24. The van der Waals surface area contributed by atoms with Crippen molar-refractivity contribution < 1.29 is 4.79 Å². The van der Waals surface area contributed by atoms with Crippen molar-refractivity contribution in [3.8, 4) is 0 Å². The maximum Gasteiger partial charge on any atom is 0.236 e. The summed E-state index contributed by atoms with van der Waals surface area (Å²) in [5.41, 5.74) is 5.40. The highest BCUT2D eigenvalue weighted by molar-refractivity contribution is 5.80. The Bertz CT molecular complexity index is 146. The lowest BCUT2D eigenvalue weighted by Gasteiger charge is -2.07. The molecule has 3 heteroatoms. The van der Waals surface area contributed by atoms with Crippen LogP contribution in [0.2, 0.25) is 0 Å². The molecule has 0 aromatic carbocycles. The summed E-state index contributed by atoms with van der Waals surface area (Å²) in [6.45, 7) is 4.69. The van der Waals surface area contributed by atoms with Crippen molar-refractivity contribution in [3.05, 3.63) is 0 Å². The van der Waals surface area contributed by atoms with Crippen molar-refractivity contribution in [1.29, 1.82) is 0 Å². The zero-order valence-corrected chi connectivity index (χ0v) is 9.51. The molecule has 14 heavy (non-hydrogen) atoms. The summed E-state index contributed by atoms with van der Waals surface area (Å²) in [6.07, 6.45) is 7.48. The molecular formula is C11H24N2O. The first kappa shape index (κ1) is 13.4. The quantitative estimate of drug-likeness (QED) is 0.587. The zero-order valence-electron chi connectivity index (χ0n) is 9.51. The normalized spacial score (nSPS) is 12.5. The molecule has 1 atom stereocenters. The highest BCUT2D eigenvalue weighted by atomic mass is 16.2. The monoisotopic (exact) mass is 200 g/mol. The van der Waals surface area contributed by atoms with Gasteiger partial charge in [-0.2, -0.15) is 0 Å². The number of amides is 1. The number of hydrogen-bond donors (Lipinski definition) is 2. The van der Waals surface area contributed by atoms with Gasteiger partial charge in [-0.3, -0.25) is 4.79 Å². The minimum atomic E-state index is -0.380. The van der Waals surface area contributed by atoms with Gasteiger partial charge in [0.25, 0.3) is 0 Å². The highest BCUT2D eigenvalue weighted by Crippen LogP contribution is 2.03. The summed E-state index contributed by atoms with van der Waals surface area (Å²) in [5.74, 6) is -0.0430. The van der Waals surface area contributed by atoms with Crippen molar-refractivity contribution in [2.24, 2.45) is 5.73 Å². The van der Waals surface area contributed by atoms with Gasteiger partial charge >= 0.3 is 0 Å². The number of carbonyl (C=O) groups is 1. The molecule has 0 spiro atoms. The van der Waals surface area contributed by atoms with Crippen molar-refractivity contribution in [2.75, 3.05) is 6.54 Å². The van der Waals surface area contributed by atoms with Crippen LogP contribution in [0, 0.1) is 0 Å². The van der Waals surface area contributed by atoms with Crippen LogP contribution in [0.5, 0.6) is 0 Å². The Balaban J connectivity index is 3.10. The second-order valence-corrected chi connectivity index (χ2v) is 3.85. The zero-order chi connectivity index (χ0) is 10.8. The van der Waals surface area contributed by atoms with Gasteiger partial charge in [0, 0.05) is 6.54 Å². The fourth-order valence-electron chi connectivity index (χ4n) is 1.28. The molecule has 0 aliphatic carbocycles. The molecule has 0 aromatic rings. The topological polar surface area (TPSA) is 55.1 Å². The van der Waals surface area contributed by atoms with Gasteiger partial charge < -0.3 is 11.1 Å². The van der Waals surface area contributed by atoms with Crippen LogP contribution >= 0.6 is 0 Å². The molecule has 3 nitrogen and oxygen atoms in total. The van der Waals surface area contributed by atoms with E-state index in [2.05, 4.69) is 12.2 Å². The van der Waals surface area contributed by atoms with Crippen molar-refractivity contribution in [1.82, 2.24) is 5.32 Å². The minimum absolute atomic E-state index is 0.0430. The van der Waals surface area contributed by atoms with Crippen LogP contribution < -0.4 is 11.1 Å². The Morgan fingerprint density at radius 3 is 2.36 bits per heavy atom. The molecule has 84 valence electrons. The molecule has 0 aliphatic heterocycles. The first-order chi connectivity index (χ1) is 6.68. The Labute approximate surface area is 87.4 Å². The number of hydrogen-bond acceptors (Lipinski definition) is 2. The summed E-state index contributed by atoms with van der Waals surface area (Å²) in [4.78, 5) is 11.0. The summed E-state index contributed by atoms with van der Waals surface area (Å²) >= 11 is 0.